The smallest absolute Gasteiger partial charge is 0.133 e. The molecule has 8 nitrogen and oxygen atoms in total. The van der Waals surface area contributed by atoms with Crippen molar-refractivity contribution in [3.63, 3.8) is 0 Å². The van der Waals surface area contributed by atoms with Gasteiger partial charge in [0.2, 0.25) is 0 Å². The van der Waals surface area contributed by atoms with E-state index < -0.39 is 0 Å². The van der Waals surface area contributed by atoms with E-state index in [0.29, 0.717) is 0 Å². The normalized spacial score (nSPS) is 32.5. The lowest BCUT2D eigenvalue weighted by molar-refractivity contribution is 0.448. The van der Waals surface area contributed by atoms with Crippen molar-refractivity contribution in [2.45, 2.75) is 49.5 Å². The highest BCUT2D eigenvalue weighted by atomic mass is 15.2. The summed E-state index contributed by atoms with van der Waals surface area (Å²) in [5, 5.41) is 3.56. The van der Waals surface area contributed by atoms with E-state index in [1.807, 2.05) is 0 Å². The van der Waals surface area contributed by atoms with Crippen LogP contribution in [0.2, 0.25) is 0 Å². The molecule has 4 rings (SSSR count). The van der Waals surface area contributed by atoms with Crippen LogP contribution in [-0.2, 0) is 0 Å². The summed E-state index contributed by atoms with van der Waals surface area (Å²) in [6, 6.07) is 4.73. The number of hydrogen-bond donors (Lipinski definition) is 5. The first-order valence-electron chi connectivity index (χ1n) is 10.6. The zero-order valence-corrected chi connectivity index (χ0v) is 17.0. The molecule has 158 valence electrons. The standard InChI is InChI=1S/C21H34N8/c22-14-6-15(23)11-28(10-14)19-8-20(26-18-4-2-1-3-5-18)27-21(9-19)29-12-16(24)7-17(25)13-29/h1-4,8-9,14-18H,5-7,10-13,22-25H2,(H,26,27). The lowest BCUT2D eigenvalue weighted by Gasteiger charge is -2.38. The third-order valence-electron chi connectivity index (χ3n) is 5.83. The lowest BCUT2D eigenvalue weighted by Crippen LogP contribution is -2.53. The van der Waals surface area contributed by atoms with Crippen molar-refractivity contribution in [2.24, 2.45) is 22.9 Å². The molecule has 8 heteroatoms. The minimum atomic E-state index is 0.0591. The second kappa shape index (κ2) is 8.71. The van der Waals surface area contributed by atoms with Gasteiger partial charge in [-0.05, 0) is 19.3 Å². The van der Waals surface area contributed by atoms with Crippen molar-refractivity contribution in [1.29, 1.82) is 0 Å². The molecule has 1 aromatic rings. The molecular formula is C21H34N8. The number of aromatic nitrogens is 1. The molecule has 0 bridgehead atoms. The number of allylic oxidation sites excluding steroid dienone is 2. The lowest BCUT2D eigenvalue weighted by atomic mass is 10.0. The highest BCUT2D eigenvalue weighted by Gasteiger charge is 2.27. The van der Waals surface area contributed by atoms with Crippen LogP contribution in [0.15, 0.2) is 36.4 Å². The van der Waals surface area contributed by atoms with E-state index in [4.69, 9.17) is 27.9 Å². The van der Waals surface area contributed by atoms with Crippen LogP contribution < -0.4 is 38.1 Å². The van der Waals surface area contributed by atoms with Gasteiger partial charge in [0.1, 0.15) is 11.6 Å². The van der Waals surface area contributed by atoms with Crippen molar-refractivity contribution in [2.75, 3.05) is 41.3 Å². The molecule has 2 saturated heterocycles. The highest BCUT2D eigenvalue weighted by Crippen LogP contribution is 2.29. The van der Waals surface area contributed by atoms with E-state index >= 15 is 0 Å². The van der Waals surface area contributed by atoms with Crippen LogP contribution in [0.3, 0.4) is 0 Å². The van der Waals surface area contributed by atoms with E-state index in [9.17, 15) is 0 Å². The van der Waals surface area contributed by atoms with Gasteiger partial charge in [-0.3, -0.25) is 0 Å². The fraction of sp³-hybridized carbons (Fsp3) is 0.571. The monoisotopic (exact) mass is 398 g/mol. The van der Waals surface area contributed by atoms with E-state index in [1.165, 1.54) is 0 Å². The molecule has 1 aliphatic carbocycles. The molecule has 2 fully saturated rings. The molecule has 29 heavy (non-hydrogen) atoms. The van der Waals surface area contributed by atoms with E-state index in [-0.39, 0.29) is 30.2 Å². The summed E-state index contributed by atoms with van der Waals surface area (Å²) in [4.78, 5) is 9.39. The maximum atomic E-state index is 6.24. The topological polar surface area (TPSA) is 135 Å². The first-order chi connectivity index (χ1) is 14.0. The molecule has 0 radical (unpaired) electrons. The SMILES string of the molecule is NC1CC(N)CN(c2cc(NC3C=CC=CC3)nc(N3CC(N)CC(N)C3)c2)C1. The predicted molar refractivity (Wildman–Crippen MR) is 120 cm³/mol. The number of anilines is 3. The van der Waals surface area contributed by atoms with Gasteiger partial charge < -0.3 is 38.1 Å². The third-order valence-corrected chi connectivity index (χ3v) is 5.83. The zero-order valence-electron chi connectivity index (χ0n) is 17.0. The molecule has 0 aromatic carbocycles. The summed E-state index contributed by atoms with van der Waals surface area (Å²) in [6.07, 6.45) is 11.1. The zero-order chi connectivity index (χ0) is 20.4. The Hall–Kier alpha value is -2.13. The van der Waals surface area contributed by atoms with Crippen molar-refractivity contribution in [3.8, 4) is 0 Å². The number of hydrogen-bond acceptors (Lipinski definition) is 8. The Bertz CT molecular complexity index is 699. The van der Waals surface area contributed by atoms with Gasteiger partial charge >= 0.3 is 0 Å². The van der Waals surface area contributed by atoms with E-state index in [2.05, 4.69) is 51.6 Å². The van der Waals surface area contributed by atoms with Gasteiger partial charge in [0.15, 0.2) is 0 Å². The second-order valence-corrected chi connectivity index (χ2v) is 8.69. The Labute approximate surface area is 173 Å². The quantitative estimate of drug-likeness (QED) is 0.482. The Balaban J connectivity index is 1.63. The van der Waals surface area contributed by atoms with Crippen molar-refractivity contribution >= 4 is 17.3 Å². The average Bonchev–Trinajstić information content (AvgIpc) is 2.67. The van der Waals surface area contributed by atoms with Crippen LogP contribution in [0.1, 0.15) is 19.3 Å². The molecule has 1 aromatic heterocycles. The van der Waals surface area contributed by atoms with Crippen LogP contribution >= 0.6 is 0 Å². The maximum absolute atomic E-state index is 6.24. The Kier molecular flexibility index (Phi) is 6.05. The van der Waals surface area contributed by atoms with Gasteiger partial charge in [0.25, 0.3) is 0 Å². The predicted octanol–water partition coefficient (Wildman–Crippen LogP) is 0.108. The fourth-order valence-corrected chi connectivity index (χ4v) is 4.55. The fourth-order valence-electron chi connectivity index (χ4n) is 4.55. The van der Waals surface area contributed by atoms with Crippen LogP contribution in [-0.4, -0.2) is 61.4 Å². The van der Waals surface area contributed by atoms with Gasteiger partial charge in [-0.25, -0.2) is 4.98 Å². The molecule has 5 unspecified atom stereocenters. The molecule has 3 aliphatic rings. The molecule has 0 spiro atoms. The largest absolute Gasteiger partial charge is 0.368 e. The number of nitrogens with zero attached hydrogens (tertiary/aromatic N) is 3. The molecule has 9 N–H and O–H groups in total. The minimum absolute atomic E-state index is 0.0591. The molecular weight excluding hydrogens is 364 g/mol. The molecule has 0 saturated carbocycles. The summed E-state index contributed by atoms with van der Waals surface area (Å²) in [5.41, 5.74) is 26.0. The van der Waals surface area contributed by atoms with Crippen molar-refractivity contribution in [1.82, 2.24) is 4.98 Å². The first kappa shape index (κ1) is 20.2. The summed E-state index contributed by atoms with van der Waals surface area (Å²) in [6.45, 7) is 3.10. The Morgan fingerprint density at radius 3 is 2.03 bits per heavy atom. The Morgan fingerprint density at radius 2 is 1.45 bits per heavy atom. The average molecular weight is 399 g/mol. The molecule has 5 atom stereocenters. The highest BCUT2D eigenvalue weighted by molar-refractivity contribution is 5.63. The maximum Gasteiger partial charge on any atom is 0.133 e. The van der Waals surface area contributed by atoms with E-state index in [0.717, 1.165) is 62.8 Å². The van der Waals surface area contributed by atoms with Gasteiger partial charge in [0, 0.05) is 74.2 Å². The summed E-state index contributed by atoms with van der Waals surface area (Å²) >= 11 is 0. The second-order valence-electron chi connectivity index (χ2n) is 8.69. The van der Waals surface area contributed by atoms with Crippen LogP contribution in [0.25, 0.3) is 0 Å². The number of pyridine rings is 1. The Morgan fingerprint density at radius 1 is 0.828 bits per heavy atom. The summed E-state index contributed by atoms with van der Waals surface area (Å²) < 4.78 is 0. The van der Waals surface area contributed by atoms with Crippen LogP contribution in [0, 0.1) is 0 Å². The first-order valence-corrected chi connectivity index (χ1v) is 10.6. The van der Waals surface area contributed by atoms with Gasteiger partial charge in [-0.1, -0.05) is 24.3 Å². The van der Waals surface area contributed by atoms with Gasteiger partial charge in [0.05, 0.1) is 0 Å². The van der Waals surface area contributed by atoms with E-state index in [1.54, 1.807) is 0 Å². The van der Waals surface area contributed by atoms with Crippen molar-refractivity contribution < 1.29 is 0 Å². The third kappa shape index (κ3) is 5.08. The van der Waals surface area contributed by atoms with Gasteiger partial charge in [-0.2, -0.15) is 0 Å². The molecule has 3 heterocycles. The number of nitrogens with two attached hydrogens (primary N) is 4. The minimum Gasteiger partial charge on any atom is -0.368 e. The number of nitrogens with one attached hydrogen (secondary N) is 1. The molecule has 2 aliphatic heterocycles. The van der Waals surface area contributed by atoms with Gasteiger partial charge in [-0.15, -0.1) is 0 Å². The van der Waals surface area contributed by atoms with Crippen LogP contribution in [0.4, 0.5) is 17.3 Å². The molecule has 0 amide bonds. The number of piperidine rings is 2. The summed E-state index contributed by atoms with van der Waals surface area (Å²) in [5.74, 6) is 1.75. The van der Waals surface area contributed by atoms with Crippen molar-refractivity contribution in [3.05, 3.63) is 36.4 Å². The summed E-state index contributed by atoms with van der Waals surface area (Å²) in [7, 11) is 0. The number of rotatable bonds is 4. The van der Waals surface area contributed by atoms with Crippen LogP contribution in [0.5, 0.6) is 0 Å².